The first-order valence-corrected chi connectivity index (χ1v) is 6.31. The van der Waals surface area contributed by atoms with Gasteiger partial charge in [0.25, 0.3) is 5.91 Å². The van der Waals surface area contributed by atoms with Gasteiger partial charge in [0.05, 0.1) is 18.2 Å². The number of hydrogen-bond acceptors (Lipinski definition) is 3. The van der Waals surface area contributed by atoms with Crippen molar-refractivity contribution in [3.05, 3.63) is 59.2 Å². The number of anilines is 1. The number of ether oxygens (including phenoxy) is 1. The molecule has 0 spiro atoms. The summed E-state index contributed by atoms with van der Waals surface area (Å²) in [6.45, 7) is 1.70. The van der Waals surface area contributed by atoms with Gasteiger partial charge in [-0.05, 0) is 36.8 Å². The van der Waals surface area contributed by atoms with Crippen LogP contribution in [0.5, 0.6) is 5.75 Å². The first-order chi connectivity index (χ1) is 10.0. The van der Waals surface area contributed by atoms with Crippen molar-refractivity contribution in [1.82, 2.24) is 0 Å². The lowest BCUT2D eigenvalue weighted by atomic mass is 10.1. The van der Waals surface area contributed by atoms with Crippen molar-refractivity contribution >= 4 is 17.6 Å². The number of nitrogens with one attached hydrogen (secondary N) is 1. The predicted octanol–water partition coefficient (Wildman–Crippen LogP) is 2.95. The zero-order valence-corrected chi connectivity index (χ0v) is 11.7. The summed E-state index contributed by atoms with van der Waals surface area (Å²) >= 11 is 0. The van der Waals surface area contributed by atoms with Crippen molar-refractivity contribution < 1.29 is 19.4 Å². The molecule has 2 aromatic rings. The molecule has 108 valence electrons. The molecule has 0 unspecified atom stereocenters. The van der Waals surface area contributed by atoms with Crippen LogP contribution in [0.4, 0.5) is 5.69 Å². The van der Waals surface area contributed by atoms with Crippen LogP contribution in [0.2, 0.25) is 0 Å². The van der Waals surface area contributed by atoms with E-state index in [1.807, 2.05) is 0 Å². The molecule has 0 saturated carbocycles. The highest BCUT2D eigenvalue weighted by atomic mass is 16.5. The molecule has 2 N–H and O–H groups in total. The first-order valence-electron chi connectivity index (χ1n) is 6.31. The fourth-order valence-corrected chi connectivity index (χ4v) is 1.96. The number of rotatable bonds is 4. The van der Waals surface area contributed by atoms with Gasteiger partial charge < -0.3 is 15.2 Å². The van der Waals surface area contributed by atoms with Gasteiger partial charge >= 0.3 is 5.97 Å². The molecule has 0 aliphatic carbocycles. The van der Waals surface area contributed by atoms with E-state index < -0.39 is 5.97 Å². The Bertz CT molecular complexity index is 694. The lowest BCUT2D eigenvalue weighted by molar-refractivity contribution is 0.0695. The molecule has 0 fully saturated rings. The number of aromatic carboxylic acids is 1. The molecule has 2 rings (SSSR count). The number of para-hydroxylation sites is 1. The molecule has 0 heterocycles. The van der Waals surface area contributed by atoms with E-state index in [9.17, 15) is 9.59 Å². The summed E-state index contributed by atoms with van der Waals surface area (Å²) in [5.74, 6) is -0.922. The molecular weight excluding hydrogens is 270 g/mol. The fourth-order valence-electron chi connectivity index (χ4n) is 1.96. The second kappa shape index (κ2) is 6.09. The van der Waals surface area contributed by atoms with Gasteiger partial charge in [0.2, 0.25) is 0 Å². The van der Waals surface area contributed by atoms with Crippen LogP contribution in [0.15, 0.2) is 42.5 Å². The van der Waals surface area contributed by atoms with E-state index in [2.05, 4.69) is 5.32 Å². The van der Waals surface area contributed by atoms with Crippen molar-refractivity contribution in [3.8, 4) is 5.75 Å². The second-order valence-electron chi connectivity index (χ2n) is 4.49. The summed E-state index contributed by atoms with van der Waals surface area (Å²) in [6.07, 6.45) is 0. The molecule has 1 amide bonds. The van der Waals surface area contributed by atoms with E-state index in [-0.39, 0.29) is 11.5 Å². The number of methoxy groups -OCH3 is 1. The third kappa shape index (κ3) is 3.20. The van der Waals surface area contributed by atoms with Crippen molar-refractivity contribution in [2.24, 2.45) is 0 Å². The lowest BCUT2D eigenvalue weighted by Gasteiger charge is -2.10. The molecule has 0 aliphatic rings. The van der Waals surface area contributed by atoms with Crippen LogP contribution in [0.1, 0.15) is 26.3 Å². The predicted molar refractivity (Wildman–Crippen MR) is 79.1 cm³/mol. The van der Waals surface area contributed by atoms with Crippen molar-refractivity contribution in [2.45, 2.75) is 6.92 Å². The molecule has 0 radical (unpaired) electrons. The summed E-state index contributed by atoms with van der Waals surface area (Å²) < 4.78 is 5.13. The van der Waals surface area contributed by atoms with Gasteiger partial charge in [0.1, 0.15) is 5.75 Å². The lowest BCUT2D eigenvalue weighted by Crippen LogP contribution is -2.13. The Morgan fingerprint density at radius 2 is 1.81 bits per heavy atom. The Morgan fingerprint density at radius 3 is 2.48 bits per heavy atom. The summed E-state index contributed by atoms with van der Waals surface area (Å²) in [7, 11) is 1.49. The minimum absolute atomic E-state index is 0.160. The average molecular weight is 285 g/mol. The highest BCUT2D eigenvalue weighted by Crippen LogP contribution is 2.20. The van der Waals surface area contributed by atoms with E-state index >= 15 is 0 Å². The number of carbonyl (C=O) groups excluding carboxylic acids is 1. The molecule has 0 atom stereocenters. The molecule has 0 saturated heterocycles. The molecular formula is C16H15NO4. The van der Waals surface area contributed by atoms with Gasteiger partial charge in [-0.25, -0.2) is 4.79 Å². The normalized spacial score (nSPS) is 10.0. The summed E-state index contributed by atoms with van der Waals surface area (Å²) in [6, 6.07) is 11.6. The molecule has 0 aromatic heterocycles. The Morgan fingerprint density at radius 1 is 1.10 bits per heavy atom. The Labute approximate surface area is 122 Å². The van der Waals surface area contributed by atoms with Crippen LogP contribution in [0, 0.1) is 6.92 Å². The average Bonchev–Trinajstić information content (AvgIpc) is 2.48. The summed E-state index contributed by atoms with van der Waals surface area (Å²) in [5, 5.41) is 11.8. The van der Waals surface area contributed by atoms with Crippen molar-refractivity contribution in [1.29, 1.82) is 0 Å². The molecule has 5 nitrogen and oxygen atoms in total. The molecule has 21 heavy (non-hydrogen) atoms. The second-order valence-corrected chi connectivity index (χ2v) is 4.49. The maximum absolute atomic E-state index is 12.2. The van der Waals surface area contributed by atoms with Crippen LogP contribution in [0.3, 0.4) is 0 Å². The Kier molecular flexibility index (Phi) is 4.23. The quantitative estimate of drug-likeness (QED) is 0.905. The SMILES string of the molecule is COc1ccccc1C(=O)Nc1ccc(C)c(C(=O)O)c1. The fraction of sp³-hybridized carbons (Fsp3) is 0.125. The minimum atomic E-state index is -1.03. The topological polar surface area (TPSA) is 75.6 Å². The van der Waals surface area contributed by atoms with Crippen LogP contribution in [0.25, 0.3) is 0 Å². The number of amides is 1. The Hall–Kier alpha value is -2.82. The maximum Gasteiger partial charge on any atom is 0.336 e. The Balaban J connectivity index is 2.28. The summed E-state index contributed by atoms with van der Waals surface area (Å²) in [4.78, 5) is 23.3. The molecule has 2 aromatic carbocycles. The van der Waals surface area contributed by atoms with Crippen LogP contribution in [-0.2, 0) is 0 Å². The van der Waals surface area contributed by atoms with Gasteiger partial charge in [0, 0.05) is 5.69 Å². The largest absolute Gasteiger partial charge is 0.496 e. The monoisotopic (exact) mass is 285 g/mol. The van der Waals surface area contributed by atoms with E-state index in [1.54, 1.807) is 43.3 Å². The van der Waals surface area contributed by atoms with Crippen LogP contribution in [-0.4, -0.2) is 24.1 Å². The van der Waals surface area contributed by atoms with E-state index in [0.717, 1.165) is 0 Å². The van der Waals surface area contributed by atoms with Gasteiger partial charge in [0.15, 0.2) is 0 Å². The van der Waals surface area contributed by atoms with Crippen LogP contribution >= 0.6 is 0 Å². The zero-order valence-electron chi connectivity index (χ0n) is 11.7. The number of benzene rings is 2. The summed E-state index contributed by atoms with van der Waals surface area (Å²) in [5.41, 5.74) is 1.61. The smallest absolute Gasteiger partial charge is 0.336 e. The number of carboxylic acid groups (broad SMARTS) is 1. The molecule has 0 aliphatic heterocycles. The third-order valence-electron chi connectivity index (χ3n) is 3.08. The number of hydrogen-bond donors (Lipinski definition) is 2. The first kappa shape index (κ1) is 14.6. The minimum Gasteiger partial charge on any atom is -0.496 e. The standard InChI is InChI=1S/C16H15NO4/c1-10-7-8-11(9-13(10)16(19)20)17-15(18)12-5-3-4-6-14(12)21-2/h3-9H,1-2H3,(H,17,18)(H,19,20). The van der Waals surface area contributed by atoms with E-state index in [1.165, 1.54) is 13.2 Å². The highest BCUT2D eigenvalue weighted by Gasteiger charge is 2.13. The van der Waals surface area contributed by atoms with E-state index in [0.29, 0.717) is 22.6 Å². The van der Waals surface area contributed by atoms with Crippen LogP contribution < -0.4 is 10.1 Å². The van der Waals surface area contributed by atoms with Gasteiger partial charge in [-0.1, -0.05) is 18.2 Å². The zero-order chi connectivity index (χ0) is 15.4. The molecule has 5 heteroatoms. The number of carboxylic acids is 1. The number of aryl methyl sites for hydroxylation is 1. The van der Waals surface area contributed by atoms with Gasteiger partial charge in [-0.3, -0.25) is 4.79 Å². The number of carbonyl (C=O) groups is 2. The third-order valence-corrected chi connectivity index (χ3v) is 3.08. The molecule has 0 bridgehead atoms. The van der Waals surface area contributed by atoms with Gasteiger partial charge in [-0.15, -0.1) is 0 Å². The van der Waals surface area contributed by atoms with Crippen molar-refractivity contribution in [3.63, 3.8) is 0 Å². The van der Waals surface area contributed by atoms with Crippen molar-refractivity contribution in [2.75, 3.05) is 12.4 Å². The highest BCUT2D eigenvalue weighted by molar-refractivity contribution is 6.06. The van der Waals surface area contributed by atoms with E-state index in [4.69, 9.17) is 9.84 Å². The maximum atomic E-state index is 12.2. The van der Waals surface area contributed by atoms with Gasteiger partial charge in [-0.2, -0.15) is 0 Å².